The molecule has 1 heterocycles. The van der Waals surface area contributed by atoms with Gasteiger partial charge in [-0.25, -0.2) is 9.18 Å². The molecule has 1 aromatic carbocycles. The van der Waals surface area contributed by atoms with E-state index in [1.54, 1.807) is 0 Å². The van der Waals surface area contributed by atoms with Crippen molar-refractivity contribution in [3.05, 3.63) is 59.7 Å². The summed E-state index contributed by atoms with van der Waals surface area (Å²) >= 11 is 0. The first-order valence-corrected chi connectivity index (χ1v) is 4.79. The molecule has 0 amide bonds. The van der Waals surface area contributed by atoms with Crippen molar-refractivity contribution >= 4 is 11.9 Å². The SMILES string of the molecule is O=C(O)c1ccn(C(=O)c2cccc(F)c2)c1. The third kappa shape index (κ3) is 2.23. The Labute approximate surface area is 95.9 Å². The number of carbonyl (C=O) groups is 2. The Morgan fingerprint density at radius 3 is 2.53 bits per heavy atom. The van der Waals surface area contributed by atoms with Gasteiger partial charge in [0.1, 0.15) is 5.82 Å². The van der Waals surface area contributed by atoms with Crippen molar-refractivity contribution in [1.29, 1.82) is 0 Å². The number of rotatable bonds is 2. The predicted molar refractivity (Wildman–Crippen MR) is 57.5 cm³/mol. The first kappa shape index (κ1) is 11.1. The molecule has 0 aliphatic heterocycles. The van der Waals surface area contributed by atoms with Gasteiger partial charge in [0.2, 0.25) is 0 Å². The Bertz CT molecular complexity index is 589. The van der Waals surface area contributed by atoms with Crippen LogP contribution in [0.2, 0.25) is 0 Å². The van der Waals surface area contributed by atoms with Crippen molar-refractivity contribution in [3.8, 4) is 0 Å². The van der Waals surface area contributed by atoms with Crippen molar-refractivity contribution in [1.82, 2.24) is 4.57 Å². The average molecular weight is 233 g/mol. The fourth-order valence-electron chi connectivity index (χ4n) is 1.42. The maximum Gasteiger partial charge on any atom is 0.337 e. The van der Waals surface area contributed by atoms with Gasteiger partial charge in [-0.1, -0.05) is 6.07 Å². The summed E-state index contributed by atoms with van der Waals surface area (Å²) in [4.78, 5) is 22.5. The molecule has 0 aliphatic rings. The number of carbonyl (C=O) groups excluding carboxylic acids is 1. The van der Waals surface area contributed by atoms with Gasteiger partial charge in [0.25, 0.3) is 5.91 Å². The number of hydrogen-bond acceptors (Lipinski definition) is 2. The van der Waals surface area contributed by atoms with Gasteiger partial charge in [-0.2, -0.15) is 0 Å². The van der Waals surface area contributed by atoms with Crippen LogP contribution in [-0.4, -0.2) is 21.6 Å². The van der Waals surface area contributed by atoms with E-state index in [4.69, 9.17) is 5.11 Å². The topological polar surface area (TPSA) is 59.3 Å². The van der Waals surface area contributed by atoms with Crippen LogP contribution in [0.15, 0.2) is 42.7 Å². The minimum absolute atomic E-state index is 0.00903. The number of benzene rings is 1. The molecule has 5 heteroatoms. The standard InChI is InChI=1S/C12H8FNO3/c13-10-3-1-2-8(6-10)11(15)14-5-4-9(7-14)12(16)17/h1-7H,(H,16,17). The molecule has 1 N–H and O–H groups in total. The van der Waals surface area contributed by atoms with Crippen molar-refractivity contribution in [2.75, 3.05) is 0 Å². The highest BCUT2D eigenvalue weighted by molar-refractivity contribution is 5.97. The summed E-state index contributed by atoms with van der Waals surface area (Å²) in [7, 11) is 0. The lowest BCUT2D eigenvalue weighted by atomic mass is 10.2. The van der Waals surface area contributed by atoms with Crippen LogP contribution in [-0.2, 0) is 0 Å². The van der Waals surface area contributed by atoms with E-state index in [9.17, 15) is 14.0 Å². The lowest BCUT2D eigenvalue weighted by Crippen LogP contribution is -2.10. The van der Waals surface area contributed by atoms with Crippen LogP contribution in [0.4, 0.5) is 4.39 Å². The maximum atomic E-state index is 12.9. The van der Waals surface area contributed by atoms with Gasteiger partial charge in [-0.15, -0.1) is 0 Å². The third-order valence-electron chi connectivity index (χ3n) is 2.25. The molecule has 0 radical (unpaired) electrons. The second-order valence-corrected chi connectivity index (χ2v) is 3.43. The molecule has 0 saturated heterocycles. The summed E-state index contributed by atoms with van der Waals surface area (Å²) in [5, 5.41) is 8.71. The van der Waals surface area contributed by atoms with Gasteiger partial charge in [0, 0.05) is 18.0 Å². The zero-order valence-corrected chi connectivity index (χ0v) is 8.63. The number of carboxylic acids is 1. The third-order valence-corrected chi connectivity index (χ3v) is 2.25. The number of aromatic carboxylic acids is 1. The molecule has 17 heavy (non-hydrogen) atoms. The molecule has 0 saturated carbocycles. The van der Waals surface area contributed by atoms with Crippen LogP contribution in [0.5, 0.6) is 0 Å². The highest BCUT2D eigenvalue weighted by Gasteiger charge is 2.11. The van der Waals surface area contributed by atoms with Crippen molar-refractivity contribution in [2.45, 2.75) is 0 Å². The normalized spacial score (nSPS) is 10.2. The molecule has 0 aliphatic carbocycles. The smallest absolute Gasteiger partial charge is 0.337 e. The molecule has 2 rings (SSSR count). The van der Waals surface area contributed by atoms with E-state index >= 15 is 0 Å². The van der Waals surface area contributed by atoms with E-state index < -0.39 is 17.7 Å². The largest absolute Gasteiger partial charge is 0.478 e. The zero-order valence-electron chi connectivity index (χ0n) is 8.63. The van der Waals surface area contributed by atoms with Gasteiger partial charge in [-0.05, 0) is 24.3 Å². The van der Waals surface area contributed by atoms with Crippen molar-refractivity contribution in [3.63, 3.8) is 0 Å². The van der Waals surface area contributed by atoms with E-state index in [1.165, 1.54) is 36.7 Å². The van der Waals surface area contributed by atoms with E-state index in [2.05, 4.69) is 0 Å². The molecular weight excluding hydrogens is 225 g/mol. The van der Waals surface area contributed by atoms with Gasteiger partial charge in [-0.3, -0.25) is 9.36 Å². The number of aromatic nitrogens is 1. The molecular formula is C12H8FNO3. The van der Waals surface area contributed by atoms with Crippen LogP contribution in [0, 0.1) is 5.82 Å². The molecule has 0 unspecified atom stereocenters. The molecule has 0 fully saturated rings. The Morgan fingerprint density at radius 2 is 1.94 bits per heavy atom. The summed E-state index contributed by atoms with van der Waals surface area (Å²) in [6.07, 6.45) is 2.52. The van der Waals surface area contributed by atoms with E-state index in [0.29, 0.717) is 0 Å². The molecule has 0 bridgehead atoms. The van der Waals surface area contributed by atoms with Gasteiger partial charge >= 0.3 is 5.97 Å². The number of halogens is 1. The molecule has 2 aromatic rings. The Kier molecular flexibility index (Phi) is 2.74. The summed E-state index contributed by atoms with van der Waals surface area (Å²) in [5.74, 6) is -2.10. The maximum absolute atomic E-state index is 12.9. The highest BCUT2D eigenvalue weighted by atomic mass is 19.1. The average Bonchev–Trinajstić information content (AvgIpc) is 2.77. The highest BCUT2D eigenvalue weighted by Crippen LogP contribution is 2.08. The van der Waals surface area contributed by atoms with Crippen LogP contribution in [0.3, 0.4) is 0 Å². The predicted octanol–water partition coefficient (Wildman–Crippen LogP) is 2.01. The number of nitrogens with zero attached hydrogens (tertiary/aromatic N) is 1. The van der Waals surface area contributed by atoms with E-state index in [0.717, 1.165) is 10.6 Å². The fraction of sp³-hybridized carbons (Fsp3) is 0. The molecule has 86 valence electrons. The van der Waals surface area contributed by atoms with Gasteiger partial charge < -0.3 is 5.11 Å². The van der Waals surface area contributed by atoms with Gasteiger partial charge in [0.05, 0.1) is 5.56 Å². The summed E-state index contributed by atoms with van der Waals surface area (Å²) in [5.41, 5.74) is 0.173. The molecule has 0 spiro atoms. The summed E-state index contributed by atoms with van der Waals surface area (Å²) in [6, 6.07) is 6.52. The van der Waals surface area contributed by atoms with Crippen LogP contribution < -0.4 is 0 Å². The fourth-order valence-corrected chi connectivity index (χ4v) is 1.42. The molecule has 4 nitrogen and oxygen atoms in total. The van der Waals surface area contributed by atoms with Gasteiger partial charge in [0.15, 0.2) is 0 Å². The second-order valence-electron chi connectivity index (χ2n) is 3.43. The monoisotopic (exact) mass is 233 g/mol. The second kappa shape index (κ2) is 4.21. The lowest BCUT2D eigenvalue weighted by Gasteiger charge is -2.01. The van der Waals surface area contributed by atoms with E-state index in [1.807, 2.05) is 0 Å². The van der Waals surface area contributed by atoms with Crippen LogP contribution in [0.1, 0.15) is 20.7 Å². The van der Waals surface area contributed by atoms with Crippen LogP contribution >= 0.6 is 0 Å². The Balaban J connectivity index is 2.34. The van der Waals surface area contributed by atoms with E-state index in [-0.39, 0.29) is 11.1 Å². The van der Waals surface area contributed by atoms with Crippen molar-refractivity contribution in [2.24, 2.45) is 0 Å². The Morgan fingerprint density at radius 1 is 1.18 bits per heavy atom. The number of carboxylic acid groups (broad SMARTS) is 1. The first-order chi connectivity index (χ1) is 8.08. The lowest BCUT2D eigenvalue weighted by molar-refractivity contribution is 0.0697. The molecule has 0 atom stereocenters. The Hall–Kier alpha value is -2.43. The number of hydrogen-bond donors (Lipinski definition) is 1. The zero-order chi connectivity index (χ0) is 12.4. The van der Waals surface area contributed by atoms with Crippen LogP contribution in [0.25, 0.3) is 0 Å². The summed E-state index contributed by atoms with van der Waals surface area (Å²) in [6.45, 7) is 0. The minimum atomic E-state index is -1.12. The minimum Gasteiger partial charge on any atom is -0.478 e. The quantitative estimate of drug-likeness (QED) is 0.863. The molecule has 1 aromatic heterocycles. The summed E-state index contributed by atoms with van der Waals surface area (Å²) < 4.78 is 14.0. The van der Waals surface area contributed by atoms with Crippen molar-refractivity contribution < 1.29 is 19.1 Å². The first-order valence-electron chi connectivity index (χ1n) is 4.79.